The van der Waals surface area contributed by atoms with Gasteiger partial charge in [-0.05, 0) is 55.6 Å². The van der Waals surface area contributed by atoms with Gasteiger partial charge in [-0.3, -0.25) is 14.2 Å². The summed E-state index contributed by atoms with van der Waals surface area (Å²) >= 11 is 0. The lowest BCUT2D eigenvalue weighted by Gasteiger charge is -2.38. The second-order valence-corrected chi connectivity index (χ2v) is 11.9. The van der Waals surface area contributed by atoms with Crippen LogP contribution in [0.1, 0.15) is 67.1 Å². The Hall–Kier alpha value is -2.84. The molecular weight excluding hydrogens is 470 g/mol. The van der Waals surface area contributed by atoms with Crippen molar-refractivity contribution in [3.63, 3.8) is 0 Å². The number of rotatable bonds is 5. The van der Waals surface area contributed by atoms with Gasteiger partial charge in [0.15, 0.2) is 17.5 Å². The number of anilines is 1. The maximum atomic E-state index is 12.7. The minimum Gasteiger partial charge on any atom is -0.494 e. The monoisotopic (exact) mass is 505 g/mol. The minimum absolute atomic E-state index is 0.0160. The fourth-order valence-electron chi connectivity index (χ4n) is 8.15. The van der Waals surface area contributed by atoms with Crippen molar-refractivity contribution in [3.05, 3.63) is 41.0 Å². The fraction of sp³-hybridized carbons (Fsp3) is 0.586. The van der Waals surface area contributed by atoms with Gasteiger partial charge >= 0.3 is 0 Å². The molecule has 0 spiro atoms. The standard InChI is InChI=1S/C29H35N3O5/c33-23-12-16-4-1-2-7-22(16)32(23)19-8-10-30(11-9-19)14-17-5-3-6-18(17)15-31-28(36)24-20-13-21(25(24)29(31)37)27(35)26(20)34/h1-2,4,7,17-21,26,34,36-37H,3,5-6,8-15H2. The largest absolute Gasteiger partial charge is 0.494 e. The van der Waals surface area contributed by atoms with Gasteiger partial charge < -0.3 is 25.1 Å². The maximum absolute atomic E-state index is 12.7. The summed E-state index contributed by atoms with van der Waals surface area (Å²) in [6.45, 7) is 3.47. The Morgan fingerprint density at radius 3 is 2.38 bits per heavy atom. The van der Waals surface area contributed by atoms with Gasteiger partial charge in [-0.25, -0.2) is 0 Å². The van der Waals surface area contributed by atoms with Gasteiger partial charge in [-0.2, -0.15) is 0 Å². The topological polar surface area (TPSA) is 106 Å². The third-order valence-corrected chi connectivity index (χ3v) is 10.0. The summed E-state index contributed by atoms with van der Waals surface area (Å²) < 4.78 is 1.60. The molecule has 2 aliphatic heterocycles. The maximum Gasteiger partial charge on any atom is 0.231 e. The first kappa shape index (κ1) is 23.3. The molecule has 5 aliphatic rings. The van der Waals surface area contributed by atoms with Crippen LogP contribution in [0, 0.1) is 11.8 Å². The molecule has 3 fully saturated rings. The van der Waals surface area contributed by atoms with E-state index in [-0.39, 0.29) is 29.5 Å². The first-order valence-corrected chi connectivity index (χ1v) is 13.9. The Bertz CT molecular complexity index is 1260. The highest BCUT2D eigenvalue weighted by molar-refractivity contribution is 6.02. The first-order chi connectivity index (χ1) is 17.9. The van der Waals surface area contributed by atoms with E-state index >= 15 is 0 Å². The Morgan fingerprint density at radius 2 is 1.59 bits per heavy atom. The summed E-state index contributed by atoms with van der Waals surface area (Å²) in [6.07, 6.45) is 5.20. The number of aromatic nitrogens is 1. The number of nitrogens with zero attached hydrogens (tertiary/aromatic N) is 3. The van der Waals surface area contributed by atoms with E-state index < -0.39 is 17.9 Å². The van der Waals surface area contributed by atoms with Crippen LogP contribution in [0.5, 0.6) is 11.8 Å². The fourth-order valence-corrected chi connectivity index (χ4v) is 8.15. The molecule has 1 aromatic heterocycles. The summed E-state index contributed by atoms with van der Waals surface area (Å²) in [5, 5.41) is 32.2. The summed E-state index contributed by atoms with van der Waals surface area (Å²) in [6, 6.07) is 8.41. The smallest absolute Gasteiger partial charge is 0.231 e. The van der Waals surface area contributed by atoms with Gasteiger partial charge in [-0.15, -0.1) is 0 Å². The molecule has 5 atom stereocenters. The lowest BCUT2D eigenvalue weighted by molar-refractivity contribution is -0.126. The molecule has 8 nitrogen and oxygen atoms in total. The molecule has 2 bridgehead atoms. The summed E-state index contributed by atoms with van der Waals surface area (Å²) in [4.78, 5) is 29.6. The molecule has 1 saturated heterocycles. The van der Waals surface area contributed by atoms with Crippen LogP contribution in [0.3, 0.4) is 0 Å². The van der Waals surface area contributed by atoms with Crippen LogP contribution in [-0.4, -0.2) is 68.3 Å². The van der Waals surface area contributed by atoms with E-state index in [0.29, 0.717) is 42.3 Å². The average molecular weight is 506 g/mol. The van der Waals surface area contributed by atoms with E-state index in [1.807, 2.05) is 17.0 Å². The molecule has 1 aromatic carbocycles. The minimum atomic E-state index is -1.06. The Morgan fingerprint density at radius 1 is 0.892 bits per heavy atom. The van der Waals surface area contributed by atoms with Crippen LogP contribution in [0.25, 0.3) is 0 Å². The first-order valence-electron chi connectivity index (χ1n) is 13.9. The van der Waals surface area contributed by atoms with E-state index in [0.717, 1.165) is 63.0 Å². The number of aromatic hydroxyl groups is 2. The second-order valence-electron chi connectivity index (χ2n) is 11.9. The molecule has 3 aliphatic carbocycles. The number of hydrogen-bond donors (Lipinski definition) is 3. The predicted octanol–water partition coefficient (Wildman–Crippen LogP) is 2.88. The van der Waals surface area contributed by atoms with Crippen LogP contribution in [0.2, 0.25) is 0 Å². The molecule has 2 saturated carbocycles. The molecule has 3 heterocycles. The zero-order valence-electron chi connectivity index (χ0n) is 21.1. The molecule has 1 amide bonds. The number of ketones is 1. The summed E-state index contributed by atoms with van der Waals surface area (Å²) in [5.41, 5.74) is 3.36. The number of amides is 1. The van der Waals surface area contributed by atoms with Gasteiger partial charge in [0.1, 0.15) is 6.10 Å². The molecule has 196 valence electrons. The normalized spacial score (nSPS) is 31.5. The average Bonchev–Trinajstić information content (AvgIpc) is 3.68. The Labute approximate surface area is 216 Å². The van der Waals surface area contributed by atoms with Crippen molar-refractivity contribution in [1.82, 2.24) is 9.47 Å². The molecule has 5 unspecified atom stereocenters. The third-order valence-electron chi connectivity index (χ3n) is 10.0. The number of aliphatic hydroxyl groups excluding tert-OH is 1. The van der Waals surface area contributed by atoms with E-state index in [4.69, 9.17) is 0 Å². The zero-order chi connectivity index (χ0) is 25.4. The van der Waals surface area contributed by atoms with Crippen molar-refractivity contribution in [2.75, 3.05) is 24.5 Å². The van der Waals surface area contributed by atoms with E-state index in [2.05, 4.69) is 17.0 Å². The van der Waals surface area contributed by atoms with Gasteiger partial charge in [0.2, 0.25) is 5.91 Å². The summed E-state index contributed by atoms with van der Waals surface area (Å²) in [5.74, 6) is -0.0245. The SMILES string of the molecule is O=C1C2CC(c3c2c(O)n(CC2CCCC2CN2CCC(N4C(=O)Cc5ccccc54)CC2)c3O)C1O. The lowest BCUT2D eigenvalue weighted by atomic mass is 9.92. The lowest BCUT2D eigenvalue weighted by Crippen LogP contribution is -2.47. The highest BCUT2D eigenvalue weighted by Gasteiger charge is 2.54. The van der Waals surface area contributed by atoms with Gasteiger partial charge in [0, 0.05) is 55.0 Å². The van der Waals surface area contributed by atoms with Gasteiger partial charge in [0.05, 0.1) is 12.3 Å². The molecule has 37 heavy (non-hydrogen) atoms. The zero-order valence-corrected chi connectivity index (χ0v) is 21.1. The molecular formula is C29H35N3O5. The van der Waals surface area contributed by atoms with E-state index in [9.17, 15) is 24.9 Å². The molecule has 2 aromatic rings. The van der Waals surface area contributed by atoms with Crippen LogP contribution >= 0.6 is 0 Å². The van der Waals surface area contributed by atoms with Crippen LogP contribution < -0.4 is 4.90 Å². The number of carbonyl (C=O) groups is 2. The number of benzene rings is 1. The molecule has 0 radical (unpaired) electrons. The van der Waals surface area contributed by atoms with Gasteiger partial charge in [-0.1, -0.05) is 24.6 Å². The highest BCUT2D eigenvalue weighted by Crippen LogP contribution is 2.58. The van der Waals surface area contributed by atoms with Crippen LogP contribution in [0.4, 0.5) is 5.69 Å². The van der Waals surface area contributed by atoms with Crippen molar-refractivity contribution in [2.24, 2.45) is 11.8 Å². The van der Waals surface area contributed by atoms with Crippen molar-refractivity contribution in [3.8, 4) is 11.8 Å². The number of para-hydroxylation sites is 1. The van der Waals surface area contributed by atoms with Gasteiger partial charge in [0.25, 0.3) is 0 Å². The second kappa shape index (κ2) is 8.60. The third kappa shape index (κ3) is 3.48. The van der Waals surface area contributed by atoms with Crippen molar-refractivity contribution < 1.29 is 24.9 Å². The molecule has 7 rings (SSSR count). The number of Topliss-reactive ketones (excluding diaryl/α,β-unsaturated/α-hetero) is 1. The number of aliphatic hydroxyl groups is 1. The van der Waals surface area contributed by atoms with Crippen LogP contribution in [-0.2, 0) is 22.6 Å². The van der Waals surface area contributed by atoms with E-state index in [1.165, 1.54) is 0 Å². The Balaban J connectivity index is 1.01. The summed E-state index contributed by atoms with van der Waals surface area (Å²) in [7, 11) is 0. The van der Waals surface area contributed by atoms with E-state index in [1.54, 1.807) is 4.57 Å². The number of fused-ring (bicyclic) bond motifs is 6. The Kier molecular flexibility index (Phi) is 5.41. The van der Waals surface area contributed by atoms with Crippen molar-refractivity contribution in [2.45, 2.75) is 75.5 Å². The van der Waals surface area contributed by atoms with Crippen LogP contribution in [0.15, 0.2) is 24.3 Å². The number of hydrogen-bond acceptors (Lipinski definition) is 6. The highest BCUT2D eigenvalue weighted by atomic mass is 16.3. The quantitative estimate of drug-likeness (QED) is 0.577. The predicted molar refractivity (Wildman–Crippen MR) is 137 cm³/mol. The number of likely N-dealkylation sites (tertiary alicyclic amines) is 1. The number of piperidine rings is 1. The van der Waals surface area contributed by atoms with Crippen molar-refractivity contribution in [1.29, 1.82) is 0 Å². The van der Waals surface area contributed by atoms with Crippen molar-refractivity contribution >= 4 is 17.4 Å². The number of carbonyl (C=O) groups excluding carboxylic acids is 2. The molecule has 8 heteroatoms. The molecule has 3 N–H and O–H groups in total.